The van der Waals surface area contributed by atoms with Crippen molar-refractivity contribution in [2.75, 3.05) is 6.61 Å². The molecular formula is C21H26O5. The van der Waals surface area contributed by atoms with Crippen LogP contribution >= 0.6 is 0 Å². The predicted octanol–water partition coefficient (Wildman–Crippen LogP) is 1.64. The Hall–Kier alpha value is -1.50. The van der Waals surface area contributed by atoms with Crippen molar-refractivity contribution in [3.63, 3.8) is 0 Å². The van der Waals surface area contributed by atoms with Crippen molar-refractivity contribution in [1.82, 2.24) is 0 Å². The third-order valence-corrected chi connectivity index (χ3v) is 5.89. The zero-order valence-electron chi connectivity index (χ0n) is 15.1. The minimum absolute atomic E-state index is 0.160. The number of allylic oxidation sites excluding steroid dienone is 3. The summed E-state index contributed by atoms with van der Waals surface area (Å²) in [6.07, 6.45) is 1.38. The van der Waals surface area contributed by atoms with Crippen molar-refractivity contribution in [1.29, 1.82) is 0 Å². The number of aryl methyl sites for hydroxylation is 1. The summed E-state index contributed by atoms with van der Waals surface area (Å²) in [6, 6.07) is 8.47. The molecule has 2 saturated heterocycles. The van der Waals surface area contributed by atoms with Gasteiger partial charge in [-0.2, -0.15) is 0 Å². The van der Waals surface area contributed by atoms with E-state index in [1.807, 2.05) is 6.08 Å². The maximum atomic E-state index is 10.7. The van der Waals surface area contributed by atoms with E-state index in [4.69, 9.17) is 9.47 Å². The van der Waals surface area contributed by atoms with E-state index in [2.05, 4.69) is 37.3 Å². The van der Waals surface area contributed by atoms with Gasteiger partial charge in [-0.15, -0.1) is 0 Å². The molecular weight excluding hydrogens is 332 g/mol. The molecule has 1 unspecified atom stereocenters. The van der Waals surface area contributed by atoms with Gasteiger partial charge >= 0.3 is 0 Å². The Morgan fingerprint density at radius 1 is 1.08 bits per heavy atom. The van der Waals surface area contributed by atoms with Crippen molar-refractivity contribution in [3.05, 3.63) is 58.7 Å². The number of fused-ring (bicyclic) bond motifs is 2. The normalized spacial score (nSPS) is 39.5. The summed E-state index contributed by atoms with van der Waals surface area (Å²) < 4.78 is 11.9. The van der Waals surface area contributed by atoms with Crippen molar-refractivity contribution < 1.29 is 24.8 Å². The van der Waals surface area contributed by atoms with E-state index < -0.39 is 30.2 Å². The predicted molar refractivity (Wildman–Crippen MR) is 96.4 cm³/mol. The van der Waals surface area contributed by atoms with Gasteiger partial charge in [0.25, 0.3) is 0 Å². The molecule has 1 aromatic carbocycles. The van der Waals surface area contributed by atoms with Gasteiger partial charge in [0.2, 0.25) is 5.79 Å². The first kappa shape index (κ1) is 17.9. The molecule has 4 rings (SSSR count). The molecule has 1 spiro atoms. The standard InChI is InChI=1S/C21H26O5/c1-12-3-5-14(6-4-12)9-15-7-8-16-11-25-21(17(16)10-15)20(24)19(23)18(22)13(2)26-21/h3-8,13,17-20,22-24H,9-11H2,1-2H3/t13-,17?,18-,19+,20-,21+/m1/s1. The molecule has 3 N–H and O–H groups in total. The molecule has 2 heterocycles. The van der Waals surface area contributed by atoms with Gasteiger partial charge in [0.1, 0.15) is 18.3 Å². The number of hydrogen-bond donors (Lipinski definition) is 3. The van der Waals surface area contributed by atoms with Crippen LogP contribution in [-0.2, 0) is 15.9 Å². The molecule has 26 heavy (non-hydrogen) atoms. The zero-order valence-corrected chi connectivity index (χ0v) is 15.1. The lowest BCUT2D eigenvalue weighted by atomic mass is 9.76. The fourth-order valence-corrected chi connectivity index (χ4v) is 4.29. The molecule has 2 fully saturated rings. The first-order chi connectivity index (χ1) is 12.4. The highest BCUT2D eigenvalue weighted by Gasteiger charge is 2.61. The van der Waals surface area contributed by atoms with Crippen LogP contribution < -0.4 is 0 Å². The van der Waals surface area contributed by atoms with Gasteiger partial charge in [-0.1, -0.05) is 47.6 Å². The Kier molecular flexibility index (Phi) is 4.53. The van der Waals surface area contributed by atoms with E-state index in [1.54, 1.807) is 6.92 Å². The summed E-state index contributed by atoms with van der Waals surface area (Å²) in [4.78, 5) is 0. The van der Waals surface area contributed by atoms with E-state index in [9.17, 15) is 15.3 Å². The summed E-state index contributed by atoms with van der Waals surface area (Å²) in [6.45, 7) is 4.13. The second kappa shape index (κ2) is 6.59. The summed E-state index contributed by atoms with van der Waals surface area (Å²) >= 11 is 0. The largest absolute Gasteiger partial charge is 0.388 e. The third kappa shape index (κ3) is 2.84. The zero-order chi connectivity index (χ0) is 18.5. The maximum Gasteiger partial charge on any atom is 0.204 e. The van der Waals surface area contributed by atoms with Crippen LogP contribution in [0.2, 0.25) is 0 Å². The van der Waals surface area contributed by atoms with Crippen LogP contribution in [0.4, 0.5) is 0 Å². The van der Waals surface area contributed by atoms with Gasteiger partial charge in [0, 0.05) is 5.92 Å². The molecule has 2 aliphatic heterocycles. The smallest absolute Gasteiger partial charge is 0.204 e. The summed E-state index contributed by atoms with van der Waals surface area (Å²) in [7, 11) is 0. The Balaban J connectivity index is 1.57. The molecule has 6 atom stereocenters. The average molecular weight is 358 g/mol. The number of aliphatic hydroxyl groups excluding tert-OH is 3. The number of hydrogen-bond acceptors (Lipinski definition) is 5. The number of ether oxygens (including phenoxy) is 2. The van der Waals surface area contributed by atoms with Gasteiger partial charge in [-0.3, -0.25) is 0 Å². The molecule has 5 nitrogen and oxygen atoms in total. The molecule has 0 radical (unpaired) electrons. The van der Waals surface area contributed by atoms with Crippen LogP contribution in [0.25, 0.3) is 0 Å². The Morgan fingerprint density at radius 2 is 1.81 bits per heavy atom. The topological polar surface area (TPSA) is 79.2 Å². The van der Waals surface area contributed by atoms with E-state index in [0.717, 1.165) is 12.0 Å². The highest BCUT2D eigenvalue weighted by Crippen LogP contribution is 2.49. The maximum absolute atomic E-state index is 10.7. The Labute approximate surface area is 153 Å². The molecule has 1 aromatic rings. The van der Waals surface area contributed by atoms with E-state index in [1.165, 1.54) is 16.7 Å². The fraction of sp³-hybridized carbons (Fsp3) is 0.524. The van der Waals surface area contributed by atoms with Crippen LogP contribution in [0.1, 0.15) is 24.5 Å². The van der Waals surface area contributed by atoms with E-state index in [0.29, 0.717) is 13.0 Å². The second-order valence-electron chi connectivity index (χ2n) is 7.74. The van der Waals surface area contributed by atoms with Crippen molar-refractivity contribution in [2.45, 2.75) is 56.9 Å². The monoisotopic (exact) mass is 358 g/mol. The summed E-state index contributed by atoms with van der Waals surface area (Å²) in [5.74, 6) is -1.45. The molecule has 0 aromatic heterocycles. The average Bonchev–Trinajstić information content (AvgIpc) is 2.99. The van der Waals surface area contributed by atoms with Gasteiger partial charge in [0.05, 0.1) is 12.7 Å². The van der Waals surface area contributed by atoms with E-state index in [-0.39, 0.29) is 5.92 Å². The summed E-state index contributed by atoms with van der Waals surface area (Å²) in [5.41, 5.74) is 4.77. The van der Waals surface area contributed by atoms with Crippen molar-refractivity contribution in [3.8, 4) is 0 Å². The van der Waals surface area contributed by atoms with Gasteiger partial charge in [-0.05, 0) is 37.8 Å². The molecule has 0 saturated carbocycles. The minimum Gasteiger partial charge on any atom is -0.388 e. The SMILES string of the molecule is Cc1ccc(CC2=CC=C3CO[C@]4(O[C@H](C)[C@@H](O)[C@H](O)[C@H]4O)C3C2)cc1. The fourth-order valence-electron chi connectivity index (χ4n) is 4.29. The molecule has 3 aliphatic rings. The number of rotatable bonds is 2. The van der Waals surface area contributed by atoms with E-state index >= 15 is 0 Å². The Bertz CT molecular complexity index is 737. The first-order valence-electron chi connectivity index (χ1n) is 9.21. The van der Waals surface area contributed by atoms with Crippen LogP contribution in [0.3, 0.4) is 0 Å². The van der Waals surface area contributed by atoms with Crippen LogP contribution in [-0.4, -0.2) is 52.1 Å². The third-order valence-electron chi connectivity index (χ3n) is 5.89. The van der Waals surface area contributed by atoms with Crippen LogP contribution in [0, 0.1) is 12.8 Å². The quantitative estimate of drug-likeness (QED) is 0.749. The summed E-state index contributed by atoms with van der Waals surface area (Å²) in [5, 5.41) is 30.9. The highest BCUT2D eigenvalue weighted by atomic mass is 16.7. The highest BCUT2D eigenvalue weighted by molar-refractivity contribution is 5.35. The molecule has 0 amide bonds. The van der Waals surface area contributed by atoms with Crippen LogP contribution in [0.15, 0.2) is 47.6 Å². The number of benzene rings is 1. The molecule has 5 heteroatoms. The lowest BCUT2D eigenvalue weighted by Crippen LogP contribution is -2.66. The lowest BCUT2D eigenvalue weighted by Gasteiger charge is -2.48. The first-order valence-corrected chi connectivity index (χ1v) is 9.21. The van der Waals surface area contributed by atoms with Gasteiger partial charge < -0.3 is 24.8 Å². The second-order valence-corrected chi connectivity index (χ2v) is 7.74. The molecule has 1 aliphatic carbocycles. The Morgan fingerprint density at radius 3 is 2.54 bits per heavy atom. The van der Waals surface area contributed by atoms with Gasteiger partial charge in [0.15, 0.2) is 0 Å². The van der Waals surface area contributed by atoms with Gasteiger partial charge in [-0.25, -0.2) is 0 Å². The molecule has 140 valence electrons. The van der Waals surface area contributed by atoms with Crippen molar-refractivity contribution in [2.24, 2.45) is 5.92 Å². The minimum atomic E-state index is -1.29. The number of aliphatic hydroxyl groups is 3. The molecule has 0 bridgehead atoms. The van der Waals surface area contributed by atoms with Crippen LogP contribution in [0.5, 0.6) is 0 Å². The van der Waals surface area contributed by atoms with Crippen molar-refractivity contribution >= 4 is 0 Å². The lowest BCUT2D eigenvalue weighted by molar-refractivity contribution is -0.356.